The van der Waals surface area contributed by atoms with Crippen molar-refractivity contribution in [1.29, 1.82) is 0 Å². The maximum Gasteiger partial charge on any atom is 0.421 e. The summed E-state index contributed by atoms with van der Waals surface area (Å²) in [6, 6.07) is 5.65. The summed E-state index contributed by atoms with van der Waals surface area (Å²) < 4.78 is 43.3. The minimum Gasteiger partial charge on any atom is -0.399 e. The Hall–Kier alpha value is -1.49. The normalized spacial score (nSPS) is 15.4. The fourth-order valence-electron chi connectivity index (χ4n) is 1.40. The fourth-order valence-corrected chi connectivity index (χ4v) is 1.40. The van der Waals surface area contributed by atoms with Gasteiger partial charge in [-0.15, -0.1) is 0 Å². The van der Waals surface area contributed by atoms with Gasteiger partial charge in [0.15, 0.2) is 5.60 Å². The highest BCUT2D eigenvalue weighted by atomic mass is 19.4. The van der Waals surface area contributed by atoms with Gasteiger partial charge in [-0.2, -0.15) is 13.2 Å². The largest absolute Gasteiger partial charge is 0.421 e. The lowest BCUT2D eigenvalue weighted by atomic mass is 9.94. The Bertz CT molecular complexity index is 411. The van der Waals surface area contributed by atoms with E-state index in [2.05, 4.69) is 11.3 Å². The van der Waals surface area contributed by atoms with E-state index < -0.39 is 11.8 Å². The first-order chi connectivity index (χ1) is 7.72. The van der Waals surface area contributed by atoms with Gasteiger partial charge in [-0.05, 0) is 18.1 Å². The van der Waals surface area contributed by atoms with Crippen molar-refractivity contribution in [1.82, 2.24) is 0 Å². The number of rotatable bonds is 3. The summed E-state index contributed by atoms with van der Waals surface area (Å²) in [7, 11) is 1.03. The second-order valence-corrected chi connectivity index (χ2v) is 3.84. The first kappa shape index (κ1) is 13.6. The molecule has 1 aromatic carbocycles. The van der Waals surface area contributed by atoms with Gasteiger partial charge < -0.3 is 10.5 Å². The van der Waals surface area contributed by atoms with Crippen LogP contribution in [0.2, 0.25) is 0 Å². The third-order valence-electron chi connectivity index (χ3n) is 2.76. The highest BCUT2D eigenvalue weighted by molar-refractivity contribution is 5.60. The van der Waals surface area contributed by atoms with Crippen molar-refractivity contribution in [2.45, 2.75) is 18.7 Å². The number of hydrogen-bond acceptors (Lipinski definition) is 2. The highest BCUT2D eigenvalue weighted by Crippen LogP contribution is 2.41. The standard InChI is InChI=1S/C12H14F3NO/c1-8(16)9-4-6-10(7-5-9)11(2,17-3)12(13,14)15/h4-7H,1,16H2,2-3H3. The third-order valence-corrected chi connectivity index (χ3v) is 2.76. The molecule has 0 radical (unpaired) electrons. The van der Waals surface area contributed by atoms with Crippen LogP contribution in [0.15, 0.2) is 30.8 Å². The molecule has 0 fully saturated rings. The predicted octanol–water partition coefficient (Wildman–Crippen LogP) is 3.04. The second kappa shape index (κ2) is 4.41. The minimum absolute atomic E-state index is 0.0255. The Morgan fingerprint density at radius 3 is 2.00 bits per heavy atom. The maximum atomic E-state index is 12.9. The van der Waals surface area contributed by atoms with Gasteiger partial charge in [0, 0.05) is 12.8 Å². The van der Waals surface area contributed by atoms with E-state index in [1.165, 1.54) is 24.3 Å². The van der Waals surface area contributed by atoms with Gasteiger partial charge in [0.05, 0.1) is 0 Å². The van der Waals surface area contributed by atoms with E-state index in [1.807, 2.05) is 0 Å². The van der Waals surface area contributed by atoms with E-state index in [4.69, 9.17) is 5.73 Å². The summed E-state index contributed by atoms with van der Waals surface area (Å²) in [5.74, 6) is 0. The number of benzene rings is 1. The highest BCUT2D eigenvalue weighted by Gasteiger charge is 2.52. The summed E-state index contributed by atoms with van der Waals surface area (Å²) in [6.45, 7) is 4.50. The van der Waals surface area contributed by atoms with Crippen molar-refractivity contribution in [3.05, 3.63) is 42.0 Å². The summed E-state index contributed by atoms with van der Waals surface area (Å²) in [5.41, 5.74) is 4.05. The fraction of sp³-hybridized carbons (Fsp3) is 0.333. The van der Waals surface area contributed by atoms with Crippen LogP contribution < -0.4 is 5.73 Å². The lowest BCUT2D eigenvalue weighted by molar-refractivity contribution is -0.269. The molecule has 0 saturated carbocycles. The number of alkyl halides is 3. The average Bonchev–Trinajstić information content (AvgIpc) is 2.26. The first-order valence-corrected chi connectivity index (χ1v) is 4.89. The second-order valence-electron chi connectivity index (χ2n) is 3.84. The molecule has 0 bridgehead atoms. The predicted molar refractivity (Wildman–Crippen MR) is 60.1 cm³/mol. The molecule has 0 heterocycles. The van der Waals surface area contributed by atoms with Gasteiger partial charge in [-0.1, -0.05) is 30.8 Å². The van der Waals surface area contributed by atoms with Gasteiger partial charge in [-0.3, -0.25) is 0 Å². The first-order valence-electron chi connectivity index (χ1n) is 4.89. The number of nitrogens with two attached hydrogens (primary N) is 1. The molecule has 0 saturated heterocycles. The number of methoxy groups -OCH3 is 1. The molecule has 0 aliphatic rings. The molecule has 0 aromatic heterocycles. The van der Waals surface area contributed by atoms with Crippen molar-refractivity contribution >= 4 is 5.70 Å². The lowest BCUT2D eigenvalue weighted by Gasteiger charge is -2.31. The summed E-state index contributed by atoms with van der Waals surface area (Å²) in [6.07, 6.45) is -4.48. The molecular formula is C12H14F3NO. The molecule has 5 heteroatoms. The van der Waals surface area contributed by atoms with Crippen molar-refractivity contribution < 1.29 is 17.9 Å². The summed E-state index contributed by atoms with van der Waals surface area (Å²) in [4.78, 5) is 0. The molecular weight excluding hydrogens is 231 g/mol. The smallest absolute Gasteiger partial charge is 0.399 e. The van der Waals surface area contributed by atoms with Gasteiger partial charge in [-0.25, -0.2) is 0 Å². The van der Waals surface area contributed by atoms with Gasteiger partial charge >= 0.3 is 6.18 Å². The van der Waals surface area contributed by atoms with Crippen LogP contribution in [0.3, 0.4) is 0 Å². The Morgan fingerprint density at radius 1 is 1.24 bits per heavy atom. The van der Waals surface area contributed by atoms with Crippen LogP contribution in [0.4, 0.5) is 13.2 Å². The summed E-state index contributed by atoms with van der Waals surface area (Å²) in [5, 5.41) is 0. The number of hydrogen-bond donors (Lipinski definition) is 1. The summed E-state index contributed by atoms with van der Waals surface area (Å²) >= 11 is 0. The molecule has 94 valence electrons. The molecule has 0 amide bonds. The van der Waals surface area contributed by atoms with Crippen LogP contribution in [-0.2, 0) is 10.3 Å². The molecule has 1 atom stereocenters. The molecule has 2 nitrogen and oxygen atoms in total. The van der Waals surface area contributed by atoms with Crippen molar-refractivity contribution in [3.8, 4) is 0 Å². The topological polar surface area (TPSA) is 35.2 Å². The van der Waals surface area contributed by atoms with Crippen LogP contribution in [0, 0.1) is 0 Å². The lowest BCUT2D eigenvalue weighted by Crippen LogP contribution is -2.41. The quantitative estimate of drug-likeness (QED) is 0.888. The van der Waals surface area contributed by atoms with Crippen LogP contribution >= 0.6 is 0 Å². The zero-order valence-electron chi connectivity index (χ0n) is 9.64. The molecule has 1 aromatic rings. The van der Waals surface area contributed by atoms with Crippen molar-refractivity contribution in [2.75, 3.05) is 7.11 Å². The van der Waals surface area contributed by atoms with E-state index in [-0.39, 0.29) is 5.56 Å². The zero-order chi connectivity index (χ0) is 13.3. The molecule has 2 N–H and O–H groups in total. The Kier molecular flexibility index (Phi) is 3.52. The van der Waals surface area contributed by atoms with E-state index >= 15 is 0 Å². The molecule has 0 spiro atoms. The van der Waals surface area contributed by atoms with Gasteiger partial charge in [0.25, 0.3) is 0 Å². The number of halogens is 3. The van der Waals surface area contributed by atoms with Crippen LogP contribution in [-0.4, -0.2) is 13.3 Å². The zero-order valence-corrected chi connectivity index (χ0v) is 9.64. The number of ether oxygens (including phenoxy) is 1. The van der Waals surface area contributed by atoms with E-state index in [0.29, 0.717) is 11.3 Å². The minimum atomic E-state index is -4.48. The Morgan fingerprint density at radius 2 is 1.71 bits per heavy atom. The molecule has 1 rings (SSSR count). The van der Waals surface area contributed by atoms with Crippen LogP contribution in [0.1, 0.15) is 18.1 Å². The molecule has 1 unspecified atom stereocenters. The van der Waals surface area contributed by atoms with Crippen molar-refractivity contribution in [2.24, 2.45) is 5.73 Å². The van der Waals surface area contributed by atoms with Crippen LogP contribution in [0.5, 0.6) is 0 Å². The van der Waals surface area contributed by atoms with Crippen LogP contribution in [0.25, 0.3) is 5.70 Å². The third kappa shape index (κ3) is 2.44. The Labute approximate surface area is 97.9 Å². The van der Waals surface area contributed by atoms with E-state index in [9.17, 15) is 13.2 Å². The monoisotopic (exact) mass is 245 g/mol. The molecule has 17 heavy (non-hydrogen) atoms. The van der Waals surface area contributed by atoms with E-state index in [0.717, 1.165) is 14.0 Å². The SMILES string of the molecule is C=C(N)c1ccc(C(C)(OC)C(F)(F)F)cc1. The van der Waals surface area contributed by atoms with Gasteiger partial charge in [0.1, 0.15) is 0 Å². The average molecular weight is 245 g/mol. The maximum absolute atomic E-state index is 12.9. The molecule has 0 aliphatic carbocycles. The van der Waals surface area contributed by atoms with Crippen molar-refractivity contribution in [3.63, 3.8) is 0 Å². The van der Waals surface area contributed by atoms with Gasteiger partial charge in [0.2, 0.25) is 0 Å². The molecule has 0 aliphatic heterocycles. The Balaban J connectivity index is 3.19. The van der Waals surface area contributed by atoms with E-state index in [1.54, 1.807) is 0 Å².